The van der Waals surface area contributed by atoms with Crippen LogP contribution in [0.2, 0.25) is 5.02 Å². The zero-order valence-corrected chi connectivity index (χ0v) is 12.4. The first-order chi connectivity index (χ1) is 8.65. The van der Waals surface area contributed by atoms with Crippen LogP contribution in [0.4, 0.5) is 4.39 Å². The SMILES string of the molecule is Fc1cccc(CN2C3CCC2CC(Br)C3)c1Cl. The fourth-order valence-electron chi connectivity index (χ4n) is 3.33. The molecule has 0 aliphatic carbocycles. The molecule has 2 fully saturated rings. The van der Waals surface area contributed by atoms with Crippen molar-refractivity contribution in [1.29, 1.82) is 0 Å². The van der Waals surface area contributed by atoms with Gasteiger partial charge in [-0.05, 0) is 37.3 Å². The predicted octanol–water partition coefficient (Wildman–Crippen LogP) is 4.37. The zero-order valence-electron chi connectivity index (χ0n) is 10.1. The van der Waals surface area contributed by atoms with Crippen LogP contribution in [0.5, 0.6) is 0 Å². The summed E-state index contributed by atoms with van der Waals surface area (Å²) in [4.78, 5) is 3.16. The molecule has 1 aromatic carbocycles. The number of hydrogen-bond donors (Lipinski definition) is 0. The quantitative estimate of drug-likeness (QED) is 0.727. The van der Waals surface area contributed by atoms with Gasteiger partial charge in [-0.15, -0.1) is 0 Å². The second-order valence-corrected chi connectivity index (χ2v) is 7.01. The summed E-state index contributed by atoms with van der Waals surface area (Å²) >= 11 is 9.78. The first kappa shape index (κ1) is 12.9. The molecule has 2 unspecified atom stereocenters. The Morgan fingerprint density at radius 1 is 1.28 bits per heavy atom. The highest BCUT2D eigenvalue weighted by Gasteiger charge is 2.39. The van der Waals surface area contributed by atoms with Gasteiger partial charge in [0.2, 0.25) is 0 Å². The van der Waals surface area contributed by atoms with Crippen molar-refractivity contribution in [2.45, 2.75) is 49.1 Å². The number of nitrogens with zero attached hydrogens (tertiary/aromatic N) is 1. The van der Waals surface area contributed by atoms with Crippen molar-refractivity contribution in [1.82, 2.24) is 4.90 Å². The molecule has 2 saturated heterocycles. The van der Waals surface area contributed by atoms with Crippen LogP contribution in [0.1, 0.15) is 31.2 Å². The van der Waals surface area contributed by atoms with Crippen LogP contribution in [0.25, 0.3) is 0 Å². The van der Waals surface area contributed by atoms with E-state index >= 15 is 0 Å². The number of piperidine rings is 1. The number of halogens is 3. The average molecular weight is 333 g/mol. The number of hydrogen-bond acceptors (Lipinski definition) is 1. The number of alkyl halides is 1. The molecule has 0 N–H and O–H groups in total. The van der Waals surface area contributed by atoms with E-state index in [4.69, 9.17) is 11.6 Å². The van der Waals surface area contributed by atoms with Gasteiger partial charge in [-0.1, -0.05) is 39.7 Å². The summed E-state index contributed by atoms with van der Waals surface area (Å²) in [5.41, 5.74) is 0.918. The lowest BCUT2D eigenvalue weighted by molar-refractivity contribution is 0.137. The van der Waals surface area contributed by atoms with Crippen molar-refractivity contribution >= 4 is 27.5 Å². The van der Waals surface area contributed by atoms with Crippen molar-refractivity contribution in [2.24, 2.45) is 0 Å². The normalized spacial score (nSPS) is 31.8. The Morgan fingerprint density at radius 3 is 2.61 bits per heavy atom. The largest absolute Gasteiger partial charge is 0.293 e. The van der Waals surface area contributed by atoms with Gasteiger partial charge in [-0.2, -0.15) is 0 Å². The molecule has 0 amide bonds. The standard InChI is InChI=1S/C14H16BrClFN/c15-10-6-11-4-5-12(7-10)18(11)8-9-2-1-3-13(17)14(9)16/h1-3,10-12H,4-8H2. The van der Waals surface area contributed by atoms with Gasteiger partial charge in [0, 0.05) is 23.5 Å². The number of fused-ring (bicyclic) bond motifs is 2. The van der Waals surface area contributed by atoms with E-state index in [1.54, 1.807) is 6.07 Å². The summed E-state index contributed by atoms with van der Waals surface area (Å²) in [7, 11) is 0. The molecule has 0 aromatic heterocycles. The van der Waals surface area contributed by atoms with E-state index in [9.17, 15) is 4.39 Å². The molecule has 1 nitrogen and oxygen atoms in total. The van der Waals surface area contributed by atoms with Crippen molar-refractivity contribution in [3.63, 3.8) is 0 Å². The van der Waals surface area contributed by atoms with Gasteiger partial charge in [0.15, 0.2) is 0 Å². The lowest BCUT2D eigenvalue weighted by Crippen LogP contribution is -2.42. The summed E-state index contributed by atoms with van der Waals surface area (Å²) in [6.07, 6.45) is 4.92. The summed E-state index contributed by atoms with van der Waals surface area (Å²) in [6, 6.07) is 6.37. The van der Waals surface area contributed by atoms with Gasteiger partial charge >= 0.3 is 0 Å². The molecule has 2 aliphatic rings. The predicted molar refractivity (Wildman–Crippen MR) is 75.7 cm³/mol. The summed E-state index contributed by atoms with van der Waals surface area (Å²) < 4.78 is 13.4. The number of benzene rings is 1. The van der Waals surface area contributed by atoms with Crippen LogP contribution in [-0.4, -0.2) is 21.8 Å². The fourth-order valence-corrected chi connectivity index (χ4v) is 4.38. The van der Waals surface area contributed by atoms with Crippen LogP contribution in [0, 0.1) is 5.82 Å². The van der Waals surface area contributed by atoms with Gasteiger partial charge in [-0.3, -0.25) is 4.90 Å². The first-order valence-electron chi connectivity index (χ1n) is 6.48. The molecular weight excluding hydrogens is 317 g/mol. The van der Waals surface area contributed by atoms with Crippen LogP contribution in [0.3, 0.4) is 0 Å². The second kappa shape index (κ2) is 5.10. The Kier molecular flexibility index (Phi) is 3.65. The van der Waals surface area contributed by atoms with E-state index in [2.05, 4.69) is 20.8 Å². The summed E-state index contributed by atoms with van der Waals surface area (Å²) in [5, 5.41) is 0.290. The Labute approximate surface area is 120 Å². The van der Waals surface area contributed by atoms with Crippen molar-refractivity contribution < 1.29 is 4.39 Å². The molecule has 4 heteroatoms. The summed E-state index contributed by atoms with van der Waals surface area (Å²) in [5.74, 6) is -0.308. The molecule has 0 saturated carbocycles. The molecular formula is C14H16BrClFN. The maximum Gasteiger partial charge on any atom is 0.142 e. The van der Waals surface area contributed by atoms with Crippen molar-refractivity contribution in [3.8, 4) is 0 Å². The summed E-state index contributed by atoms with van der Waals surface area (Å²) in [6.45, 7) is 0.783. The van der Waals surface area contributed by atoms with Gasteiger partial charge in [0.25, 0.3) is 0 Å². The Hall–Kier alpha value is -0.120. The van der Waals surface area contributed by atoms with Crippen molar-refractivity contribution in [3.05, 3.63) is 34.6 Å². The van der Waals surface area contributed by atoms with Crippen LogP contribution in [-0.2, 0) is 6.54 Å². The minimum atomic E-state index is -0.308. The minimum Gasteiger partial charge on any atom is -0.293 e. The molecule has 2 aliphatic heterocycles. The third kappa shape index (κ3) is 2.33. The Bertz CT molecular complexity index is 439. The van der Waals surface area contributed by atoms with E-state index in [1.807, 2.05) is 6.07 Å². The van der Waals surface area contributed by atoms with Crippen LogP contribution in [0.15, 0.2) is 18.2 Å². The van der Waals surface area contributed by atoms with Gasteiger partial charge in [0.05, 0.1) is 5.02 Å². The fraction of sp³-hybridized carbons (Fsp3) is 0.571. The number of rotatable bonds is 2. The average Bonchev–Trinajstić information content (AvgIpc) is 2.58. The monoisotopic (exact) mass is 331 g/mol. The molecule has 3 rings (SSSR count). The van der Waals surface area contributed by atoms with E-state index in [0.29, 0.717) is 16.9 Å². The van der Waals surface area contributed by atoms with Crippen molar-refractivity contribution in [2.75, 3.05) is 0 Å². The van der Waals surface area contributed by atoms with Gasteiger partial charge in [-0.25, -0.2) is 4.39 Å². The van der Waals surface area contributed by atoms with E-state index in [-0.39, 0.29) is 10.8 Å². The highest BCUT2D eigenvalue weighted by molar-refractivity contribution is 9.09. The molecule has 98 valence electrons. The maximum absolute atomic E-state index is 13.4. The smallest absolute Gasteiger partial charge is 0.142 e. The molecule has 2 heterocycles. The van der Waals surface area contributed by atoms with E-state index < -0.39 is 0 Å². The lowest BCUT2D eigenvalue weighted by atomic mass is 10.0. The zero-order chi connectivity index (χ0) is 12.7. The maximum atomic E-state index is 13.4. The minimum absolute atomic E-state index is 0.290. The molecule has 0 spiro atoms. The van der Waals surface area contributed by atoms with Crippen LogP contribution >= 0.6 is 27.5 Å². The second-order valence-electron chi connectivity index (χ2n) is 5.34. The van der Waals surface area contributed by atoms with Crippen LogP contribution < -0.4 is 0 Å². The lowest BCUT2D eigenvalue weighted by Gasteiger charge is -2.37. The molecule has 18 heavy (non-hydrogen) atoms. The Balaban J connectivity index is 1.79. The Morgan fingerprint density at radius 2 is 1.94 bits per heavy atom. The highest BCUT2D eigenvalue weighted by atomic mass is 79.9. The molecule has 0 radical (unpaired) electrons. The topological polar surface area (TPSA) is 3.24 Å². The van der Waals surface area contributed by atoms with E-state index in [0.717, 1.165) is 12.1 Å². The van der Waals surface area contributed by atoms with E-state index in [1.165, 1.54) is 31.7 Å². The first-order valence-corrected chi connectivity index (χ1v) is 7.77. The molecule has 2 atom stereocenters. The third-order valence-corrected chi connectivity index (χ3v) is 5.38. The van der Waals surface area contributed by atoms with Gasteiger partial charge in [0.1, 0.15) is 5.82 Å². The third-order valence-electron chi connectivity index (χ3n) is 4.21. The molecule has 2 bridgehead atoms. The highest BCUT2D eigenvalue weighted by Crippen LogP contribution is 2.39. The van der Waals surface area contributed by atoms with Gasteiger partial charge < -0.3 is 0 Å². The molecule has 1 aromatic rings.